The molecule has 0 saturated carbocycles. The van der Waals surface area contributed by atoms with Gasteiger partial charge in [0.05, 0.1) is 6.54 Å². The zero-order valence-electron chi connectivity index (χ0n) is 10.7. The van der Waals surface area contributed by atoms with Crippen LogP contribution in [0.25, 0.3) is 0 Å². The molecule has 2 rings (SSSR count). The van der Waals surface area contributed by atoms with Gasteiger partial charge in [0.1, 0.15) is 5.82 Å². The maximum absolute atomic E-state index is 13.1. The Balaban J connectivity index is 1.97. The number of ketones is 1. The monoisotopic (exact) mass is 250 g/mol. The highest BCUT2D eigenvalue weighted by Gasteiger charge is 2.19. The van der Waals surface area contributed by atoms with Gasteiger partial charge in [0.2, 0.25) is 0 Å². The lowest BCUT2D eigenvalue weighted by molar-refractivity contribution is 0.0910. The average molecular weight is 250 g/mol. The summed E-state index contributed by atoms with van der Waals surface area (Å²) < 4.78 is 13.1. The van der Waals surface area contributed by atoms with Gasteiger partial charge in [-0.3, -0.25) is 9.69 Å². The maximum Gasteiger partial charge on any atom is 0.176 e. The van der Waals surface area contributed by atoms with Gasteiger partial charge in [-0.25, -0.2) is 4.39 Å². The van der Waals surface area contributed by atoms with Gasteiger partial charge in [-0.05, 0) is 43.5 Å². The molecule has 0 radical (unpaired) electrons. The number of aryl methyl sites for hydroxylation is 1. The van der Waals surface area contributed by atoms with Crippen LogP contribution in [0.1, 0.15) is 28.8 Å². The second-order valence-electron chi connectivity index (χ2n) is 5.00. The lowest BCUT2D eigenvalue weighted by atomic mass is 10.0. The molecule has 0 aliphatic carbocycles. The number of piperidine rings is 1. The smallest absolute Gasteiger partial charge is 0.176 e. The number of carbonyl (C=O) groups excluding carboxylic acids is 1. The lowest BCUT2D eigenvalue weighted by Crippen LogP contribution is -2.41. The number of carbonyl (C=O) groups is 1. The molecule has 1 aliphatic heterocycles. The molecule has 1 aliphatic rings. The highest BCUT2D eigenvalue weighted by molar-refractivity contribution is 5.97. The lowest BCUT2D eigenvalue weighted by Gasteiger charge is -2.29. The summed E-state index contributed by atoms with van der Waals surface area (Å²) in [5, 5.41) is 0. The van der Waals surface area contributed by atoms with Crippen LogP contribution in [0.3, 0.4) is 0 Å². The largest absolute Gasteiger partial charge is 0.328 e. The number of halogens is 1. The van der Waals surface area contributed by atoms with Crippen molar-refractivity contribution in [3.8, 4) is 0 Å². The molecule has 0 amide bonds. The first-order valence-electron chi connectivity index (χ1n) is 6.33. The predicted octanol–water partition coefficient (Wildman–Crippen LogP) is 1.74. The van der Waals surface area contributed by atoms with E-state index in [1.165, 1.54) is 6.07 Å². The maximum atomic E-state index is 13.1. The minimum atomic E-state index is -0.268. The van der Waals surface area contributed by atoms with Crippen molar-refractivity contribution < 1.29 is 9.18 Å². The summed E-state index contributed by atoms with van der Waals surface area (Å²) in [6, 6.07) is 4.80. The molecule has 1 aromatic carbocycles. The number of benzene rings is 1. The first-order valence-corrected chi connectivity index (χ1v) is 6.33. The number of rotatable bonds is 3. The fourth-order valence-corrected chi connectivity index (χ4v) is 2.22. The van der Waals surface area contributed by atoms with E-state index < -0.39 is 0 Å². The highest BCUT2D eigenvalue weighted by atomic mass is 19.1. The minimum absolute atomic E-state index is 0.0496. The van der Waals surface area contributed by atoms with Crippen LogP contribution >= 0.6 is 0 Å². The van der Waals surface area contributed by atoms with E-state index in [9.17, 15) is 9.18 Å². The zero-order chi connectivity index (χ0) is 13.1. The van der Waals surface area contributed by atoms with Crippen molar-refractivity contribution in [3.63, 3.8) is 0 Å². The Morgan fingerprint density at radius 1 is 1.44 bits per heavy atom. The van der Waals surface area contributed by atoms with E-state index >= 15 is 0 Å². The van der Waals surface area contributed by atoms with E-state index in [0.717, 1.165) is 25.9 Å². The van der Waals surface area contributed by atoms with Crippen LogP contribution in [0.2, 0.25) is 0 Å². The second-order valence-corrected chi connectivity index (χ2v) is 5.00. The summed E-state index contributed by atoms with van der Waals surface area (Å²) in [6.45, 7) is 3.81. The molecule has 18 heavy (non-hydrogen) atoms. The van der Waals surface area contributed by atoms with Gasteiger partial charge in [-0.2, -0.15) is 0 Å². The van der Waals surface area contributed by atoms with E-state index in [0.29, 0.717) is 17.7 Å². The second kappa shape index (κ2) is 5.59. The van der Waals surface area contributed by atoms with Gasteiger partial charge >= 0.3 is 0 Å². The quantitative estimate of drug-likeness (QED) is 0.831. The third-order valence-corrected chi connectivity index (χ3v) is 3.48. The third kappa shape index (κ3) is 3.15. The van der Waals surface area contributed by atoms with Crippen molar-refractivity contribution in [2.24, 2.45) is 5.73 Å². The van der Waals surface area contributed by atoms with Crippen LogP contribution in [0.5, 0.6) is 0 Å². The van der Waals surface area contributed by atoms with E-state index in [2.05, 4.69) is 4.90 Å². The topological polar surface area (TPSA) is 46.3 Å². The van der Waals surface area contributed by atoms with Gasteiger partial charge in [-0.1, -0.05) is 0 Å². The molecule has 0 spiro atoms. The Hall–Kier alpha value is -1.26. The van der Waals surface area contributed by atoms with Crippen molar-refractivity contribution in [2.75, 3.05) is 19.6 Å². The minimum Gasteiger partial charge on any atom is -0.328 e. The Morgan fingerprint density at radius 3 is 2.72 bits per heavy atom. The predicted molar refractivity (Wildman–Crippen MR) is 69.1 cm³/mol. The standard InChI is InChI=1S/C14H19FN2O/c1-10-8-11(2-3-13(10)15)14(18)9-17-6-4-12(16)5-7-17/h2-3,8,12H,4-7,9,16H2,1H3. The van der Waals surface area contributed by atoms with Crippen LogP contribution < -0.4 is 5.73 Å². The van der Waals surface area contributed by atoms with E-state index in [1.807, 2.05) is 0 Å². The van der Waals surface area contributed by atoms with E-state index in [4.69, 9.17) is 5.73 Å². The van der Waals surface area contributed by atoms with E-state index in [1.54, 1.807) is 19.1 Å². The van der Waals surface area contributed by atoms with Crippen molar-refractivity contribution in [1.82, 2.24) is 4.90 Å². The molecule has 1 saturated heterocycles. The summed E-state index contributed by atoms with van der Waals surface area (Å²) >= 11 is 0. The number of hydrogen-bond acceptors (Lipinski definition) is 3. The fourth-order valence-electron chi connectivity index (χ4n) is 2.22. The summed E-state index contributed by atoms with van der Waals surface area (Å²) in [4.78, 5) is 14.2. The van der Waals surface area contributed by atoms with Crippen molar-refractivity contribution >= 4 is 5.78 Å². The normalized spacial score (nSPS) is 17.9. The van der Waals surface area contributed by atoms with Gasteiger partial charge in [0.15, 0.2) is 5.78 Å². The Labute approximate surface area is 107 Å². The summed E-state index contributed by atoms with van der Waals surface area (Å²) in [5.74, 6) is -0.218. The van der Waals surface area contributed by atoms with Crippen LogP contribution in [0.15, 0.2) is 18.2 Å². The van der Waals surface area contributed by atoms with Crippen LogP contribution in [0.4, 0.5) is 4.39 Å². The number of hydrogen-bond donors (Lipinski definition) is 1. The van der Waals surface area contributed by atoms with Gasteiger partial charge in [0.25, 0.3) is 0 Å². The molecule has 0 atom stereocenters. The zero-order valence-corrected chi connectivity index (χ0v) is 10.7. The molecule has 4 heteroatoms. The fraction of sp³-hybridized carbons (Fsp3) is 0.500. The number of likely N-dealkylation sites (tertiary alicyclic amines) is 1. The molecular weight excluding hydrogens is 231 g/mol. The first kappa shape index (κ1) is 13.2. The van der Waals surface area contributed by atoms with Gasteiger partial charge in [-0.15, -0.1) is 0 Å². The summed E-state index contributed by atoms with van der Waals surface area (Å²) in [5.41, 5.74) is 6.92. The van der Waals surface area contributed by atoms with Crippen molar-refractivity contribution in [3.05, 3.63) is 35.1 Å². The Kier molecular flexibility index (Phi) is 4.09. The molecule has 3 nitrogen and oxygen atoms in total. The molecule has 1 heterocycles. The van der Waals surface area contributed by atoms with Crippen LogP contribution in [-0.4, -0.2) is 36.4 Å². The molecule has 0 aromatic heterocycles. The van der Waals surface area contributed by atoms with Crippen molar-refractivity contribution in [2.45, 2.75) is 25.8 Å². The third-order valence-electron chi connectivity index (χ3n) is 3.48. The number of nitrogens with two attached hydrogens (primary N) is 1. The Morgan fingerprint density at radius 2 is 2.11 bits per heavy atom. The van der Waals surface area contributed by atoms with Crippen molar-refractivity contribution in [1.29, 1.82) is 0 Å². The first-order chi connectivity index (χ1) is 8.56. The van der Waals surface area contributed by atoms with E-state index in [-0.39, 0.29) is 17.6 Å². The van der Waals surface area contributed by atoms with Gasteiger partial charge < -0.3 is 5.73 Å². The summed E-state index contributed by atoms with van der Waals surface area (Å²) in [6.07, 6.45) is 1.88. The number of nitrogens with zero attached hydrogens (tertiary/aromatic N) is 1. The average Bonchev–Trinajstić information content (AvgIpc) is 2.35. The summed E-state index contributed by atoms with van der Waals surface area (Å²) in [7, 11) is 0. The molecular formula is C14H19FN2O. The van der Waals surface area contributed by atoms with Crippen LogP contribution in [-0.2, 0) is 0 Å². The molecule has 0 bridgehead atoms. The SMILES string of the molecule is Cc1cc(C(=O)CN2CCC(N)CC2)ccc1F. The van der Waals surface area contributed by atoms with Crippen LogP contribution in [0, 0.1) is 12.7 Å². The highest BCUT2D eigenvalue weighted by Crippen LogP contribution is 2.12. The molecule has 1 aromatic rings. The molecule has 98 valence electrons. The molecule has 2 N–H and O–H groups in total. The van der Waals surface area contributed by atoms with Gasteiger partial charge in [0, 0.05) is 24.7 Å². The molecule has 1 fully saturated rings. The molecule has 0 unspecified atom stereocenters. The number of Topliss-reactive ketones (excluding diaryl/α,β-unsaturated/α-hetero) is 1. The Bertz CT molecular complexity index is 439.